The van der Waals surface area contributed by atoms with Gasteiger partial charge in [-0.05, 0) is 80.3 Å². The van der Waals surface area contributed by atoms with Crippen LogP contribution in [0.1, 0.15) is 22.3 Å². The molecular weight excluding hydrogens is 312 g/mol. The largest absolute Gasteiger partial charge is 0.0617 e. The van der Waals surface area contributed by atoms with Crippen LogP contribution in [0.3, 0.4) is 0 Å². The van der Waals surface area contributed by atoms with Crippen LogP contribution in [0.4, 0.5) is 0 Å². The van der Waals surface area contributed by atoms with Crippen molar-refractivity contribution in [2.75, 3.05) is 0 Å². The molecule has 10 bridgehead atoms. The Morgan fingerprint density at radius 1 is 0.385 bits per heavy atom. The van der Waals surface area contributed by atoms with Gasteiger partial charge < -0.3 is 0 Å². The molecule has 0 heteroatoms. The van der Waals surface area contributed by atoms with E-state index in [9.17, 15) is 0 Å². The van der Waals surface area contributed by atoms with Gasteiger partial charge in [-0.25, -0.2) is 0 Å². The summed E-state index contributed by atoms with van der Waals surface area (Å²) in [6.07, 6.45) is 4.42. The summed E-state index contributed by atoms with van der Waals surface area (Å²) in [6.45, 7) is 0. The van der Waals surface area contributed by atoms with Gasteiger partial charge in [0.25, 0.3) is 0 Å². The lowest BCUT2D eigenvalue weighted by Crippen LogP contribution is -1.95. The van der Waals surface area contributed by atoms with Gasteiger partial charge in [-0.15, -0.1) is 0 Å². The highest BCUT2D eigenvalue weighted by Gasteiger charge is 2.11. The molecule has 0 radical (unpaired) electrons. The molecule has 0 N–H and O–H groups in total. The Morgan fingerprint density at radius 2 is 0.769 bits per heavy atom. The second-order valence-corrected chi connectivity index (χ2v) is 7.79. The van der Waals surface area contributed by atoms with E-state index in [4.69, 9.17) is 0 Å². The van der Waals surface area contributed by atoms with Crippen LogP contribution in [0.15, 0.2) is 72.8 Å². The average Bonchev–Trinajstić information content (AvgIpc) is 2.69. The SMILES string of the molecule is c1cc2cc(c1)CCc1cc3ccc4cc(cc5ccc(c1)c3c45)CC2. The van der Waals surface area contributed by atoms with Crippen molar-refractivity contribution in [2.45, 2.75) is 25.7 Å². The Labute approximate surface area is 153 Å². The molecule has 0 heterocycles. The summed E-state index contributed by atoms with van der Waals surface area (Å²) in [5, 5.41) is 8.40. The number of hydrogen-bond donors (Lipinski definition) is 0. The Morgan fingerprint density at radius 3 is 1.19 bits per heavy atom. The maximum absolute atomic E-state index is 2.40. The van der Waals surface area contributed by atoms with Crippen LogP contribution in [-0.4, -0.2) is 0 Å². The number of benzene rings is 5. The molecule has 5 aliphatic rings. The van der Waals surface area contributed by atoms with Gasteiger partial charge in [-0.3, -0.25) is 0 Å². The maximum atomic E-state index is 2.40. The predicted molar refractivity (Wildman–Crippen MR) is 111 cm³/mol. The van der Waals surface area contributed by atoms with Crippen LogP contribution >= 0.6 is 0 Å². The van der Waals surface area contributed by atoms with Crippen LogP contribution in [0, 0.1) is 0 Å². The number of rotatable bonds is 0. The molecule has 0 amide bonds. The predicted octanol–water partition coefficient (Wildman–Crippen LogP) is 6.47. The summed E-state index contributed by atoms with van der Waals surface area (Å²) in [5.41, 5.74) is 5.79. The number of fused-ring (bicyclic) bond motifs is 2. The van der Waals surface area contributed by atoms with Gasteiger partial charge in [0.2, 0.25) is 0 Å². The summed E-state index contributed by atoms with van der Waals surface area (Å²) < 4.78 is 0. The highest BCUT2D eigenvalue weighted by molar-refractivity contribution is 6.23. The topological polar surface area (TPSA) is 0 Å². The third kappa shape index (κ3) is 2.15. The zero-order valence-corrected chi connectivity index (χ0v) is 14.8. The van der Waals surface area contributed by atoms with Crippen LogP contribution < -0.4 is 0 Å². The Balaban J connectivity index is 1.70. The molecule has 124 valence electrons. The van der Waals surface area contributed by atoms with Gasteiger partial charge in [-0.2, -0.15) is 0 Å². The van der Waals surface area contributed by atoms with E-state index in [0.717, 1.165) is 25.7 Å². The van der Waals surface area contributed by atoms with Crippen molar-refractivity contribution in [1.29, 1.82) is 0 Å². The van der Waals surface area contributed by atoms with Crippen molar-refractivity contribution in [3.05, 3.63) is 95.1 Å². The van der Waals surface area contributed by atoms with E-state index in [1.165, 1.54) is 54.6 Å². The minimum absolute atomic E-state index is 1.10. The van der Waals surface area contributed by atoms with Gasteiger partial charge in [0.15, 0.2) is 0 Å². The number of aryl methyl sites for hydroxylation is 4. The van der Waals surface area contributed by atoms with Crippen LogP contribution in [0.2, 0.25) is 0 Å². The summed E-state index contributed by atoms with van der Waals surface area (Å²) in [6, 6.07) is 28.1. The molecular formula is C26H20. The fraction of sp³-hybridized carbons (Fsp3) is 0.154. The second-order valence-electron chi connectivity index (χ2n) is 7.79. The first-order valence-corrected chi connectivity index (χ1v) is 9.62. The van der Waals surface area contributed by atoms with E-state index in [-0.39, 0.29) is 0 Å². The van der Waals surface area contributed by atoms with Crippen LogP contribution in [-0.2, 0) is 25.7 Å². The van der Waals surface area contributed by atoms with Crippen molar-refractivity contribution < 1.29 is 0 Å². The zero-order chi connectivity index (χ0) is 17.1. The molecule has 0 aliphatic heterocycles. The molecule has 0 spiro atoms. The molecule has 0 saturated carbocycles. The highest BCUT2D eigenvalue weighted by atomic mass is 14.2. The van der Waals surface area contributed by atoms with Crippen molar-refractivity contribution in [3.63, 3.8) is 0 Å². The van der Waals surface area contributed by atoms with E-state index >= 15 is 0 Å². The van der Waals surface area contributed by atoms with Crippen molar-refractivity contribution in [2.24, 2.45) is 0 Å². The molecule has 10 rings (SSSR count). The lowest BCUT2D eigenvalue weighted by molar-refractivity contribution is 0.934. The minimum atomic E-state index is 1.10. The summed E-state index contributed by atoms with van der Waals surface area (Å²) >= 11 is 0. The Bertz CT molecular complexity index is 1110. The molecule has 0 saturated heterocycles. The van der Waals surface area contributed by atoms with E-state index in [2.05, 4.69) is 72.8 Å². The maximum Gasteiger partial charge on any atom is -0.00266 e. The lowest BCUT2D eigenvalue weighted by atomic mass is 9.90. The zero-order valence-electron chi connectivity index (χ0n) is 14.8. The van der Waals surface area contributed by atoms with Crippen molar-refractivity contribution in [3.8, 4) is 0 Å². The minimum Gasteiger partial charge on any atom is -0.0617 e. The van der Waals surface area contributed by atoms with Crippen molar-refractivity contribution in [1.82, 2.24) is 0 Å². The summed E-state index contributed by atoms with van der Waals surface area (Å²) in [7, 11) is 0. The molecule has 5 aliphatic carbocycles. The third-order valence-electron chi connectivity index (χ3n) is 6.05. The molecule has 0 fully saturated rings. The first-order valence-electron chi connectivity index (χ1n) is 9.62. The van der Waals surface area contributed by atoms with E-state index in [1.807, 2.05) is 0 Å². The molecule has 0 aromatic heterocycles. The standard InChI is InChI=1S/C26H20/c1-2-17-4-6-19-13-21-8-10-23-15-20(7-5-18(3-1)12-17)16-24-11-9-22(14-19)25(21)26(23)24/h1-3,8-16H,4-7H2. The van der Waals surface area contributed by atoms with Gasteiger partial charge in [-0.1, -0.05) is 72.8 Å². The van der Waals surface area contributed by atoms with Gasteiger partial charge in [0.05, 0.1) is 0 Å². The highest BCUT2D eigenvalue weighted by Crippen LogP contribution is 2.36. The Hall–Kier alpha value is -2.86. The fourth-order valence-electron chi connectivity index (χ4n) is 4.77. The summed E-state index contributed by atoms with van der Waals surface area (Å²) in [4.78, 5) is 0. The van der Waals surface area contributed by atoms with Gasteiger partial charge in [0.1, 0.15) is 0 Å². The monoisotopic (exact) mass is 332 g/mol. The molecule has 5 aromatic rings. The quantitative estimate of drug-likeness (QED) is 0.285. The average molecular weight is 332 g/mol. The van der Waals surface area contributed by atoms with E-state index in [1.54, 1.807) is 0 Å². The molecule has 26 heavy (non-hydrogen) atoms. The summed E-state index contributed by atoms with van der Waals surface area (Å²) in [5.74, 6) is 0. The smallest absolute Gasteiger partial charge is 0.00266 e. The third-order valence-corrected chi connectivity index (χ3v) is 6.05. The molecule has 5 aromatic carbocycles. The first-order chi connectivity index (χ1) is 12.8. The van der Waals surface area contributed by atoms with Gasteiger partial charge in [0, 0.05) is 0 Å². The van der Waals surface area contributed by atoms with Crippen LogP contribution in [0.5, 0.6) is 0 Å². The molecule has 0 atom stereocenters. The number of hydrogen-bond acceptors (Lipinski definition) is 0. The van der Waals surface area contributed by atoms with Crippen molar-refractivity contribution >= 4 is 32.3 Å². The van der Waals surface area contributed by atoms with E-state index < -0.39 is 0 Å². The lowest BCUT2D eigenvalue weighted by Gasteiger charge is -2.14. The first kappa shape index (κ1) is 14.3. The second kappa shape index (κ2) is 5.32. The fourth-order valence-corrected chi connectivity index (χ4v) is 4.77. The van der Waals surface area contributed by atoms with Crippen LogP contribution in [0.25, 0.3) is 32.3 Å². The Kier molecular flexibility index (Phi) is 2.93. The van der Waals surface area contributed by atoms with E-state index in [0.29, 0.717) is 0 Å². The normalized spacial score (nSPS) is 14.3. The van der Waals surface area contributed by atoms with Gasteiger partial charge >= 0.3 is 0 Å². The molecule has 0 nitrogen and oxygen atoms in total. The molecule has 0 unspecified atom stereocenters.